The third kappa shape index (κ3) is 3.18. The first-order valence-corrected chi connectivity index (χ1v) is 4.55. The molecule has 0 aromatic carbocycles. The normalized spacial score (nSPS) is 18.2. The Morgan fingerprint density at radius 1 is 1.42 bits per heavy atom. The zero-order chi connectivity index (χ0) is 8.97. The van der Waals surface area contributed by atoms with Crippen LogP contribution < -0.4 is 0 Å². The van der Waals surface area contributed by atoms with Gasteiger partial charge in [0.25, 0.3) is 0 Å². The van der Waals surface area contributed by atoms with Crippen LogP contribution in [0.3, 0.4) is 0 Å². The lowest BCUT2D eigenvalue weighted by molar-refractivity contribution is -0.115. The number of nitrogens with zero attached hydrogens (tertiary/aromatic N) is 1. The second kappa shape index (κ2) is 4.41. The van der Waals surface area contributed by atoms with Crippen LogP contribution in [0.5, 0.6) is 0 Å². The Kier molecular flexibility index (Phi) is 3.48. The summed E-state index contributed by atoms with van der Waals surface area (Å²) in [6.07, 6.45) is 5.83. The van der Waals surface area contributed by atoms with Gasteiger partial charge in [0.2, 0.25) is 0 Å². The first-order chi connectivity index (χ1) is 5.68. The summed E-state index contributed by atoms with van der Waals surface area (Å²) >= 11 is 0. The molecule has 0 unspecified atom stereocenters. The fourth-order valence-electron chi connectivity index (χ4n) is 1.43. The van der Waals surface area contributed by atoms with E-state index in [0.717, 1.165) is 32.2 Å². The first-order valence-electron chi connectivity index (χ1n) is 4.55. The molecular weight excluding hydrogens is 150 g/mol. The number of hydrogen-bond donors (Lipinski definition) is 0. The van der Waals surface area contributed by atoms with Crippen molar-refractivity contribution in [3.63, 3.8) is 0 Å². The summed E-state index contributed by atoms with van der Waals surface area (Å²) in [5.74, 6) is 0.315. The molecule has 2 heteroatoms. The highest BCUT2D eigenvalue weighted by Crippen LogP contribution is 2.17. The molecule has 0 bridgehead atoms. The zero-order valence-corrected chi connectivity index (χ0v) is 7.97. The van der Waals surface area contributed by atoms with Gasteiger partial charge < -0.3 is 4.90 Å². The van der Waals surface area contributed by atoms with Crippen molar-refractivity contribution in [2.75, 3.05) is 20.6 Å². The van der Waals surface area contributed by atoms with E-state index < -0.39 is 0 Å². The van der Waals surface area contributed by atoms with Gasteiger partial charge in [-0.3, -0.25) is 4.79 Å². The molecule has 0 amide bonds. The van der Waals surface area contributed by atoms with Crippen LogP contribution in [-0.4, -0.2) is 31.3 Å². The van der Waals surface area contributed by atoms with Gasteiger partial charge in [-0.2, -0.15) is 0 Å². The Bertz CT molecular complexity index is 194. The Morgan fingerprint density at radius 3 is 2.75 bits per heavy atom. The van der Waals surface area contributed by atoms with Crippen molar-refractivity contribution >= 4 is 5.78 Å². The maximum atomic E-state index is 11.0. The van der Waals surface area contributed by atoms with Crippen molar-refractivity contribution < 1.29 is 4.79 Å². The highest BCUT2D eigenvalue weighted by molar-refractivity contribution is 5.91. The molecule has 0 aromatic rings. The molecule has 1 aliphatic carbocycles. The number of carbonyl (C=O) groups excluding carboxylic acids is 1. The van der Waals surface area contributed by atoms with Crippen molar-refractivity contribution in [1.29, 1.82) is 0 Å². The van der Waals surface area contributed by atoms with Crippen LogP contribution in [0.2, 0.25) is 0 Å². The largest absolute Gasteiger partial charge is 0.309 e. The second-order valence-corrected chi connectivity index (χ2v) is 3.68. The number of ketones is 1. The van der Waals surface area contributed by atoms with Crippen LogP contribution in [0.15, 0.2) is 11.6 Å². The Balaban J connectivity index is 2.36. The van der Waals surface area contributed by atoms with Crippen molar-refractivity contribution in [2.45, 2.75) is 25.7 Å². The lowest BCUT2D eigenvalue weighted by Crippen LogP contribution is -2.14. The van der Waals surface area contributed by atoms with Gasteiger partial charge in [-0.05, 0) is 39.4 Å². The summed E-state index contributed by atoms with van der Waals surface area (Å²) in [5.41, 5.74) is 1.33. The van der Waals surface area contributed by atoms with Crippen LogP contribution in [0.4, 0.5) is 0 Å². The van der Waals surface area contributed by atoms with Crippen LogP contribution in [0.1, 0.15) is 25.7 Å². The van der Waals surface area contributed by atoms with E-state index in [1.807, 2.05) is 6.08 Å². The molecule has 1 rings (SSSR count). The van der Waals surface area contributed by atoms with Gasteiger partial charge in [0.15, 0.2) is 5.78 Å². The molecule has 12 heavy (non-hydrogen) atoms. The third-order valence-corrected chi connectivity index (χ3v) is 2.17. The lowest BCUT2D eigenvalue weighted by atomic mass is 9.96. The van der Waals surface area contributed by atoms with E-state index in [0.29, 0.717) is 5.78 Å². The molecule has 0 atom stereocenters. The lowest BCUT2D eigenvalue weighted by Gasteiger charge is -2.14. The predicted octanol–water partition coefficient (Wildman–Crippen LogP) is 1.62. The number of carbonyl (C=O) groups is 1. The summed E-state index contributed by atoms with van der Waals surface area (Å²) in [6.45, 7) is 1.05. The van der Waals surface area contributed by atoms with Gasteiger partial charge in [0, 0.05) is 13.0 Å². The van der Waals surface area contributed by atoms with E-state index >= 15 is 0 Å². The Morgan fingerprint density at radius 2 is 2.17 bits per heavy atom. The van der Waals surface area contributed by atoms with Gasteiger partial charge in [0.05, 0.1) is 0 Å². The molecule has 0 aliphatic heterocycles. The van der Waals surface area contributed by atoms with Crippen LogP contribution in [-0.2, 0) is 4.79 Å². The molecular formula is C10H17NO. The minimum absolute atomic E-state index is 0.315. The minimum atomic E-state index is 0.315. The summed E-state index contributed by atoms with van der Waals surface area (Å²) in [5, 5.41) is 0. The molecule has 0 aromatic heterocycles. The van der Waals surface area contributed by atoms with E-state index in [1.165, 1.54) is 5.57 Å². The molecule has 0 heterocycles. The van der Waals surface area contributed by atoms with E-state index in [9.17, 15) is 4.79 Å². The fourth-order valence-corrected chi connectivity index (χ4v) is 1.43. The molecule has 68 valence electrons. The monoisotopic (exact) mass is 167 g/mol. The van der Waals surface area contributed by atoms with Crippen molar-refractivity contribution in [3.8, 4) is 0 Å². The molecule has 0 saturated carbocycles. The van der Waals surface area contributed by atoms with Crippen molar-refractivity contribution in [2.24, 2.45) is 0 Å². The summed E-state index contributed by atoms with van der Waals surface area (Å²) < 4.78 is 0. The number of allylic oxidation sites excluding steroid dienone is 1. The molecule has 1 aliphatic rings. The number of rotatable bonds is 3. The molecule has 0 saturated heterocycles. The van der Waals surface area contributed by atoms with E-state index in [1.54, 1.807) is 0 Å². The fraction of sp³-hybridized carbons (Fsp3) is 0.700. The van der Waals surface area contributed by atoms with Gasteiger partial charge in [-0.25, -0.2) is 0 Å². The molecule has 0 spiro atoms. The maximum absolute atomic E-state index is 11.0. The average Bonchev–Trinajstić information content (AvgIpc) is 2.01. The third-order valence-electron chi connectivity index (χ3n) is 2.17. The van der Waals surface area contributed by atoms with E-state index in [4.69, 9.17) is 0 Å². The quantitative estimate of drug-likeness (QED) is 0.636. The average molecular weight is 167 g/mol. The standard InChI is InChI=1S/C10H17NO/c1-11(2)7-6-9-4-3-5-10(12)8-9/h8H,3-7H2,1-2H3. The number of hydrogen-bond acceptors (Lipinski definition) is 2. The zero-order valence-electron chi connectivity index (χ0n) is 7.97. The summed E-state index contributed by atoms with van der Waals surface area (Å²) in [4.78, 5) is 13.2. The molecule has 0 N–H and O–H groups in total. The van der Waals surface area contributed by atoms with Gasteiger partial charge in [-0.15, -0.1) is 0 Å². The van der Waals surface area contributed by atoms with Gasteiger partial charge in [0.1, 0.15) is 0 Å². The maximum Gasteiger partial charge on any atom is 0.155 e. The van der Waals surface area contributed by atoms with Gasteiger partial charge in [-0.1, -0.05) is 5.57 Å². The predicted molar refractivity (Wildman–Crippen MR) is 50.1 cm³/mol. The smallest absolute Gasteiger partial charge is 0.155 e. The van der Waals surface area contributed by atoms with Crippen LogP contribution in [0, 0.1) is 0 Å². The second-order valence-electron chi connectivity index (χ2n) is 3.68. The van der Waals surface area contributed by atoms with Crippen molar-refractivity contribution in [3.05, 3.63) is 11.6 Å². The van der Waals surface area contributed by atoms with Crippen LogP contribution in [0.25, 0.3) is 0 Å². The SMILES string of the molecule is CN(C)CCC1=CC(=O)CCC1. The first kappa shape index (κ1) is 9.46. The molecule has 0 radical (unpaired) electrons. The summed E-state index contributed by atoms with van der Waals surface area (Å²) in [7, 11) is 4.12. The molecule has 0 fully saturated rings. The van der Waals surface area contributed by atoms with Crippen molar-refractivity contribution in [1.82, 2.24) is 4.90 Å². The summed E-state index contributed by atoms with van der Waals surface area (Å²) in [6, 6.07) is 0. The minimum Gasteiger partial charge on any atom is -0.309 e. The molecule has 2 nitrogen and oxygen atoms in total. The highest BCUT2D eigenvalue weighted by atomic mass is 16.1. The topological polar surface area (TPSA) is 20.3 Å². The van der Waals surface area contributed by atoms with Crippen LogP contribution >= 0.6 is 0 Å². The van der Waals surface area contributed by atoms with Gasteiger partial charge >= 0.3 is 0 Å². The Hall–Kier alpha value is -0.630. The highest BCUT2D eigenvalue weighted by Gasteiger charge is 2.09. The van der Waals surface area contributed by atoms with E-state index in [-0.39, 0.29) is 0 Å². The van der Waals surface area contributed by atoms with E-state index in [2.05, 4.69) is 19.0 Å². The Labute approximate surface area is 74.2 Å².